The number of nitrogens with zero attached hydrogens (tertiary/aromatic N) is 2. The molecule has 0 saturated heterocycles. The molecule has 0 fully saturated rings. The van der Waals surface area contributed by atoms with Crippen LogP contribution in [0.1, 0.15) is 12.8 Å². The first-order chi connectivity index (χ1) is 15.9. The Bertz CT molecular complexity index is 1210. The smallest absolute Gasteiger partial charge is 0.294 e. The largest absolute Gasteiger partial charge is 0.493 e. The van der Waals surface area contributed by atoms with Crippen molar-refractivity contribution in [3.63, 3.8) is 0 Å². The molecule has 2 aromatic rings. The van der Waals surface area contributed by atoms with Crippen LogP contribution < -0.4 is 18.4 Å². The first kappa shape index (κ1) is 27.6. The number of hydrogen-bond acceptors (Lipinski definition) is 10. The first-order valence-electron chi connectivity index (χ1n) is 9.48. The summed E-state index contributed by atoms with van der Waals surface area (Å²) in [6.45, 7) is 0.521. The monoisotopic (exact) mass is 537 g/mol. The predicted molar refractivity (Wildman–Crippen MR) is 121 cm³/mol. The van der Waals surface area contributed by atoms with E-state index in [4.69, 9.17) is 22.8 Å². The SMILES string of the molecule is CN=Nc1ccc(OC)c(OCCCCNS(=O)Oc2cc(S(=O)(=O)O)cc(S(=O)(=O)O)c2)c1. The van der Waals surface area contributed by atoms with E-state index in [1.807, 2.05) is 0 Å². The molecule has 16 heteroatoms. The zero-order chi connectivity index (χ0) is 25.4. The number of unbranched alkanes of at least 4 members (excludes halogenated alkanes) is 1. The number of benzene rings is 2. The Kier molecular flexibility index (Phi) is 9.90. The molecule has 0 aliphatic carbocycles. The molecule has 0 amide bonds. The third-order valence-corrected chi connectivity index (χ3v) is 6.48. The van der Waals surface area contributed by atoms with Crippen molar-refractivity contribution in [1.82, 2.24) is 4.72 Å². The summed E-state index contributed by atoms with van der Waals surface area (Å²) in [5, 5.41) is 7.63. The van der Waals surface area contributed by atoms with Crippen LogP contribution in [0.2, 0.25) is 0 Å². The fourth-order valence-electron chi connectivity index (χ4n) is 2.53. The lowest BCUT2D eigenvalue weighted by Gasteiger charge is -2.11. The highest BCUT2D eigenvalue weighted by molar-refractivity contribution is 7.86. The van der Waals surface area contributed by atoms with Crippen molar-refractivity contribution in [2.24, 2.45) is 10.2 Å². The van der Waals surface area contributed by atoms with Gasteiger partial charge in [-0.2, -0.15) is 31.3 Å². The highest BCUT2D eigenvalue weighted by Gasteiger charge is 2.19. The van der Waals surface area contributed by atoms with Gasteiger partial charge >= 0.3 is 0 Å². The fourth-order valence-corrected chi connectivity index (χ4v) is 4.33. The molecule has 2 rings (SSSR count). The fraction of sp³-hybridized carbons (Fsp3) is 0.333. The van der Waals surface area contributed by atoms with E-state index in [1.165, 1.54) is 7.11 Å². The number of rotatable bonds is 13. The summed E-state index contributed by atoms with van der Waals surface area (Å²) in [4.78, 5) is -1.71. The first-order valence-corrected chi connectivity index (χ1v) is 13.4. The zero-order valence-corrected chi connectivity index (χ0v) is 20.5. The standard InChI is InChI=1S/C18H23N3O10S3/c1-19-21-13-5-6-17(29-2)18(9-13)30-8-4-3-7-20-32(22)31-14-10-15(33(23,24)25)12-16(11-14)34(26,27)28/h5-6,9-12,20H,3-4,7-8H2,1-2H3,(H,23,24,25)(H,26,27,28). The van der Waals surface area contributed by atoms with Crippen LogP contribution in [0.25, 0.3) is 0 Å². The maximum absolute atomic E-state index is 12.1. The molecular weight excluding hydrogens is 514 g/mol. The molecule has 0 radical (unpaired) electrons. The normalized spacial score (nSPS) is 13.1. The molecule has 0 aliphatic heterocycles. The van der Waals surface area contributed by atoms with Crippen molar-refractivity contribution >= 4 is 37.2 Å². The van der Waals surface area contributed by atoms with Crippen molar-refractivity contribution in [1.29, 1.82) is 0 Å². The lowest BCUT2D eigenvalue weighted by atomic mass is 10.3. The topological polar surface area (TPSA) is 190 Å². The van der Waals surface area contributed by atoms with Gasteiger partial charge < -0.3 is 13.7 Å². The molecule has 2 aromatic carbocycles. The third kappa shape index (κ3) is 8.62. The average Bonchev–Trinajstić information content (AvgIpc) is 2.75. The summed E-state index contributed by atoms with van der Waals surface area (Å²) in [5.74, 6) is 0.549. The molecule has 0 heterocycles. The molecule has 0 spiro atoms. The van der Waals surface area contributed by atoms with Gasteiger partial charge in [0.15, 0.2) is 11.5 Å². The molecular formula is C18H23N3O10S3. The Morgan fingerprint density at radius 3 is 2.18 bits per heavy atom. The van der Waals surface area contributed by atoms with Crippen LogP contribution in [0.5, 0.6) is 17.2 Å². The minimum atomic E-state index is -4.81. The van der Waals surface area contributed by atoms with Crippen LogP contribution in [0.15, 0.2) is 56.4 Å². The van der Waals surface area contributed by atoms with Gasteiger partial charge in [-0.25, -0.2) is 4.72 Å². The third-order valence-electron chi connectivity index (χ3n) is 4.03. The zero-order valence-electron chi connectivity index (χ0n) is 18.1. The van der Waals surface area contributed by atoms with Crippen LogP contribution in [-0.2, 0) is 31.5 Å². The van der Waals surface area contributed by atoms with Crippen molar-refractivity contribution in [2.75, 3.05) is 27.3 Å². The minimum Gasteiger partial charge on any atom is -0.493 e. The summed E-state index contributed by atoms with van der Waals surface area (Å²) in [7, 11) is -6.58. The van der Waals surface area contributed by atoms with Crippen LogP contribution in [0.4, 0.5) is 5.69 Å². The van der Waals surface area contributed by atoms with E-state index >= 15 is 0 Å². The van der Waals surface area contributed by atoms with E-state index in [0.29, 0.717) is 42.7 Å². The number of hydrogen-bond donors (Lipinski definition) is 3. The molecule has 1 atom stereocenters. The maximum atomic E-state index is 12.1. The molecule has 13 nitrogen and oxygen atoms in total. The molecule has 0 saturated carbocycles. The second-order valence-corrected chi connectivity index (χ2v) is 10.3. The van der Waals surface area contributed by atoms with E-state index in [2.05, 4.69) is 15.0 Å². The second-order valence-electron chi connectivity index (χ2n) is 6.49. The van der Waals surface area contributed by atoms with Crippen LogP contribution in [0, 0.1) is 0 Å². The number of nitrogens with one attached hydrogen (secondary N) is 1. The Hall–Kier alpha value is -2.63. The minimum absolute atomic E-state index is 0.209. The second kappa shape index (κ2) is 12.2. The number of methoxy groups -OCH3 is 1. The summed E-state index contributed by atoms with van der Waals surface area (Å²) in [5.41, 5.74) is 0.600. The quantitative estimate of drug-likeness (QED) is 0.194. The van der Waals surface area contributed by atoms with Gasteiger partial charge in [0.25, 0.3) is 31.5 Å². The van der Waals surface area contributed by atoms with E-state index in [1.54, 1.807) is 25.2 Å². The van der Waals surface area contributed by atoms with Crippen molar-refractivity contribution in [2.45, 2.75) is 22.6 Å². The molecule has 0 aromatic heterocycles. The molecule has 0 bridgehead atoms. The van der Waals surface area contributed by atoms with E-state index in [0.717, 1.165) is 12.1 Å². The molecule has 1 unspecified atom stereocenters. The Balaban J connectivity index is 1.87. The van der Waals surface area contributed by atoms with Gasteiger partial charge in [-0.05, 0) is 31.0 Å². The van der Waals surface area contributed by atoms with Crippen molar-refractivity contribution in [3.8, 4) is 17.2 Å². The number of ether oxygens (including phenoxy) is 2. The highest BCUT2D eigenvalue weighted by atomic mass is 32.2. The van der Waals surface area contributed by atoms with E-state index in [9.17, 15) is 21.0 Å². The summed E-state index contributed by atoms with van der Waals surface area (Å²) in [6, 6.07) is 7.15. The lowest BCUT2D eigenvalue weighted by molar-refractivity contribution is 0.287. The Morgan fingerprint density at radius 2 is 1.62 bits per heavy atom. The van der Waals surface area contributed by atoms with Gasteiger partial charge in [0.1, 0.15) is 5.75 Å². The van der Waals surface area contributed by atoms with Crippen LogP contribution in [0.3, 0.4) is 0 Å². The molecule has 3 N–H and O–H groups in total. The van der Waals surface area contributed by atoms with Gasteiger partial charge in [0, 0.05) is 31.8 Å². The Morgan fingerprint density at radius 1 is 0.971 bits per heavy atom. The summed E-state index contributed by atoms with van der Waals surface area (Å²) < 4.78 is 94.0. The van der Waals surface area contributed by atoms with Crippen LogP contribution >= 0.6 is 0 Å². The number of azo groups is 1. The van der Waals surface area contributed by atoms with Crippen LogP contribution in [-0.4, -0.2) is 57.5 Å². The van der Waals surface area contributed by atoms with Gasteiger partial charge in [0.05, 0.1) is 29.2 Å². The molecule has 0 aliphatic rings. The van der Waals surface area contributed by atoms with Crippen molar-refractivity contribution in [3.05, 3.63) is 36.4 Å². The van der Waals surface area contributed by atoms with Gasteiger partial charge in [-0.15, -0.1) is 0 Å². The van der Waals surface area contributed by atoms with Crippen molar-refractivity contribution < 1.29 is 43.8 Å². The highest BCUT2D eigenvalue weighted by Crippen LogP contribution is 2.31. The molecule has 188 valence electrons. The van der Waals surface area contributed by atoms with Gasteiger partial charge in [-0.3, -0.25) is 9.11 Å². The van der Waals surface area contributed by atoms with E-state index in [-0.39, 0.29) is 6.54 Å². The lowest BCUT2D eigenvalue weighted by Crippen LogP contribution is -2.23. The van der Waals surface area contributed by atoms with Gasteiger partial charge in [-0.1, -0.05) is 0 Å². The molecule has 34 heavy (non-hydrogen) atoms. The summed E-state index contributed by atoms with van der Waals surface area (Å²) >= 11 is -2.18. The maximum Gasteiger partial charge on any atom is 0.294 e. The van der Waals surface area contributed by atoms with E-state index < -0.39 is 47.0 Å². The predicted octanol–water partition coefficient (Wildman–Crippen LogP) is 2.31. The average molecular weight is 538 g/mol. The Labute approximate surface area is 199 Å². The van der Waals surface area contributed by atoms with Gasteiger partial charge in [0.2, 0.25) is 0 Å². The summed E-state index contributed by atoms with van der Waals surface area (Å²) in [6.07, 6.45) is 1.06.